The fourth-order valence-electron chi connectivity index (χ4n) is 4.44. The second kappa shape index (κ2) is 10.0. The summed E-state index contributed by atoms with van der Waals surface area (Å²) >= 11 is 0. The summed E-state index contributed by atoms with van der Waals surface area (Å²) in [5.41, 5.74) is 4.47. The van der Waals surface area contributed by atoms with Crippen LogP contribution in [-0.4, -0.2) is 47.6 Å². The van der Waals surface area contributed by atoms with Crippen molar-refractivity contribution in [3.05, 3.63) is 89.0 Å². The molecule has 35 heavy (non-hydrogen) atoms. The monoisotopic (exact) mass is 469 g/mol. The Labute approximate surface area is 202 Å². The van der Waals surface area contributed by atoms with E-state index in [9.17, 15) is 4.79 Å². The molecule has 0 radical (unpaired) electrons. The molecular weight excluding hydrogens is 442 g/mol. The normalized spacial score (nSPS) is 11.5. The number of methoxy groups -OCH3 is 1. The molecule has 0 unspecified atom stereocenters. The zero-order chi connectivity index (χ0) is 24.2. The molecule has 0 N–H and O–H groups in total. The van der Waals surface area contributed by atoms with Crippen molar-refractivity contribution in [1.29, 1.82) is 0 Å². The largest absolute Gasteiger partial charge is 0.481 e. The van der Waals surface area contributed by atoms with Gasteiger partial charge in [0.1, 0.15) is 11.8 Å². The summed E-state index contributed by atoms with van der Waals surface area (Å²) in [4.78, 5) is 32.6. The molecule has 1 aromatic carbocycles. The van der Waals surface area contributed by atoms with Crippen molar-refractivity contribution in [1.82, 2.24) is 34.0 Å². The van der Waals surface area contributed by atoms with Gasteiger partial charge in [-0.3, -0.25) is 9.69 Å². The van der Waals surface area contributed by atoms with Crippen molar-refractivity contribution in [3.63, 3.8) is 0 Å². The predicted octanol–water partition coefficient (Wildman–Crippen LogP) is 3.17. The number of nitrogens with zero attached hydrogens (tertiary/aromatic N) is 7. The van der Waals surface area contributed by atoms with Gasteiger partial charge < -0.3 is 13.9 Å². The molecule has 4 aromatic heterocycles. The van der Waals surface area contributed by atoms with E-state index < -0.39 is 0 Å². The third kappa shape index (κ3) is 4.90. The lowest BCUT2D eigenvalue weighted by atomic mass is 10.1. The highest BCUT2D eigenvalue weighted by atomic mass is 16.5. The van der Waals surface area contributed by atoms with Gasteiger partial charge in [-0.25, -0.2) is 19.9 Å². The average Bonchev–Trinajstić information content (AvgIpc) is 3.30. The fraction of sp³-hybridized carbons (Fsp3) is 0.269. The smallest absolute Gasteiger partial charge is 0.213 e. The Morgan fingerprint density at radius 2 is 1.97 bits per heavy atom. The maximum absolute atomic E-state index is 13.3. The number of aryl methyl sites for hydroxylation is 2. The molecule has 9 heteroatoms. The quantitative estimate of drug-likeness (QED) is 0.327. The molecule has 0 spiro atoms. The number of para-hydroxylation sites is 1. The molecule has 178 valence electrons. The van der Waals surface area contributed by atoms with Crippen LogP contribution >= 0.6 is 0 Å². The van der Waals surface area contributed by atoms with E-state index in [0.717, 1.165) is 52.7 Å². The first kappa shape index (κ1) is 22.7. The van der Waals surface area contributed by atoms with Gasteiger partial charge in [0.05, 0.1) is 25.2 Å². The number of fused-ring (bicyclic) bond motifs is 2. The maximum Gasteiger partial charge on any atom is 0.213 e. The van der Waals surface area contributed by atoms with Crippen LogP contribution < -0.4 is 10.2 Å². The minimum Gasteiger partial charge on any atom is -0.481 e. The highest BCUT2D eigenvalue weighted by Gasteiger charge is 2.14. The number of ether oxygens (including phenoxy) is 1. The summed E-state index contributed by atoms with van der Waals surface area (Å²) in [5, 5.41) is 0.739. The lowest BCUT2D eigenvalue weighted by Gasteiger charge is -2.23. The van der Waals surface area contributed by atoms with Crippen LogP contribution in [0.5, 0.6) is 5.88 Å². The Morgan fingerprint density at radius 1 is 1.09 bits per heavy atom. The van der Waals surface area contributed by atoms with E-state index in [1.165, 1.54) is 0 Å². The Balaban J connectivity index is 1.39. The van der Waals surface area contributed by atoms with Crippen LogP contribution in [0.2, 0.25) is 0 Å². The van der Waals surface area contributed by atoms with E-state index in [2.05, 4.69) is 24.8 Å². The van der Waals surface area contributed by atoms with Crippen LogP contribution in [0.3, 0.4) is 0 Å². The van der Waals surface area contributed by atoms with Gasteiger partial charge in [0.2, 0.25) is 5.88 Å². The molecule has 9 nitrogen and oxygen atoms in total. The van der Waals surface area contributed by atoms with Crippen LogP contribution in [0.4, 0.5) is 0 Å². The van der Waals surface area contributed by atoms with Crippen molar-refractivity contribution in [2.75, 3.05) is 13.7 Å². The molecule has 5 aromatic rings. The van der Waals surface area contributed by atoms with E-state index in [0.29, 0.717) is 19.0 Å². The predicted molar refractivity (Wildman–Crippen MR) is 134 cm³/mol. The number of imidazole rings is 1. The number of hydrogen-bond acceptors (Lipinski definition) is 7. The molecule has 0 saturated carbocycles. The van der Waals surface area contributed by atoms with E-state index in [-0.39, 0.29) is 5.43 Å². The van der Waals surface area contributed by atoms with E-state index in [4.69, 9.17) is 4.74 Å². The molecule has 5 rings (SSSR count). The zero-order valence-corrected chi connectivity index (χ0v) is 19.8. The summed E-state index contributed by atoms with van der Waals surface area (Å²) < 4.78 is 9.37. The van der Waals surface area contributed by atoms with Gasteiger partial charge in [-0.05, 0) is 30.2 Å². The van der Waals surface area contributed by atoms with E-state index in [1.807, 2.05) is 58.8 Å². The fourth-order valence-corrected chi connectivity index (χ4v) is 4.44. The summed E-state index contributed by atoms with van der Waals surface area (Å²) in [7, 11) is 3.59. The van der Waals surface area contributed by atoms with Gasteiger partial charge >= 0.3 is 0 Å². The number of aromatic nitrogens is 6. The summed E-state index contributed by atoms with van der Waals surface area (Å²) in [6.07, 6.45) is 9.63. The van der Waals surface area contributed by atoms with Gasteiger partial charge in [0.15, 0.2) is 11.1 Å². The SMILES string of the molecule is COc1cc(CN(CCCn2cnc3cncnc32)Cc2cn(C)c3ccccc3c2=O)ccn1. The number of rotatable bonds is 9. The first-order valence-electron chi connectivity index (χ1n) is 11.5. The van der Waals surface area contributed by atoms with Crippen molar-refractivity contribution >= 4 is 22.1 Å². The van der Waals surface area contributed by atoms with Gasteiger partial charge in [0.25, 0.3) is 0 Å². The molecule has 0 aliphatic heterocycles. The molecule has 0 aliphatic rings. The molecule has 0 fully saturated rings. The minimum atomic E-state index is 0.0771. The van der Waals surface area contributed by atoms with Gasteiger partial charge in [0, 0.05) is 62.6 Å². The van der Waals surface area contributed by atoms with Crippen molar-refractivity contribution < 1.29 is 4.74 Å². The molecule has 0 amide bonds. The molecule has 0 atom stereocenters. The summed E-state index contributed by atoms with van der Waals surface area (Å²) in [6, 6.07) is 11.6. The average molecular weight is 470 g/mol. The number of benzene rings is 1. The maximum atomic E-state index is 13.3. The second-order valence-corrected chi connectivity index (χ2v) is 8.55. The lowest BCUT2D eigenvalue weighted by molar-refractivity contribution is 0.247. The zero-order valence-electron chi connectivity index (χ0n) is 19.8. The summed E-state index contributed by atoms with van der Waals surface area (Å²) in [5.74, 6) is 0.577. The van der Waals surface area contributed by atoms with Crippen molar-refractivity contribution in [2.45, 2.75) is 26.1 Å². The number of hydrogen-bond donors (Lipinski definition) is 0. The molecule has 0 aliphatic carbocycles. The second-order valence-electron chi connectivity index (χ2n) is 8.55. The highest BCUT2D eigenvalue weighted by molar-refractivity contribution is 5.79. The van der Waals surface area contributed by atoms with Crippen molar-refractivity contribution in [2.24, 2.45) is 7.05 Å². The highest BCUT2D eigenvalue weighted by Crippen LogP contribution is 2.16. The Hall–Kier alpha value is -4.11. The van der Waals surface area contributed by atoms with E-state index >= 15 is 0 Å². The first-order valence-corrected chi connectivity index (χ1v) is 11.5. The lowest BCUT2D eigenvalue weighted by Crippen LogP contribution is -2.28. The van der Waals surface area contributed by atoms with Gasteiger partial charge in [-0.2, -0.15) is 0 Å². The molecule has 0 bridgehead atoms. The Morgan fingerprint density at radius 3 is 2.86 bits per heavy atom. The molecule has 4 heterocycles. The Bertz CT molecular complexity index is 1530. The van der Waals surface area contributed by atoms with Crippen LogP contribution in [0.25, 0.3) is 22.1 Å². The van der Waals surface area contributed by atoms with Crippen LogP contribution in [0, 0.1) is 0 Å². The Kier molecular flexibility index (Phi) is 6.49. The standard InChI is InChI=1S/C26H27N7O2/c1-31-15-20(25(34)21-6-3-4-7-23(21)31)16-32(14-19-8-9-28-24(12-19)35-2)10-5-11-33-18-30-22-13-27-17-29-26(22)33/h3-4,6-9,12-13,15,17-18H,5,10-11,14,16H2,1-2H3. The third-order valence-corrected chi connectivity index (χ3v) is 6.13. The summed E-state index contributed by atoms with van der Waals surface area (Å²) in [6.45, 7) is 2.75. The topological polar surface area (TPSA) is 91.0 Å². The number of pyridine rings is 2. The van der Waals surface area contributed by atoms with Crippen molar-refractivity contribution in [3.8, 4) is 5.88 Å². The molecular formula is C26H27N7O2. The van der Waals surface area contributed by atoms with Crippen LogP contribution in [-0.2, 0) is 26.7 Å². The first-order chi connectivity index (χ1) is 17.1. The molecule has 0 saturated heterocycles. The van der Waals surface area contributed by atoms with Crippen LogP contribution in [0.15, 0.2) is 72.4 Å². The van der Waals surface area contributed by atoms with Gasteiger partial charge in [-0.15, -0.1) is 0 Å². The van der Waals surface area contributed by atoms with Crippen LogP contribution in [0.1, 0.15) is 17.5 Å². The third-order valence-electron chi connectivity index (χ3n) is 6.13. The minimum absolute atomic E-state index is 0.0771. The van der Waals surface area contributed by atoms with Gasteiger partial charge in [-0.1, -0.05) is 12.1 Å². The van der Waals surface area contributed by atoms with E-state index in [1.54, 1.807) is 32.2 Å².